The molecular formula is C24H18ClF3N4O4. The third kappa shape index (κ3) is 6.11. The summed E-state index contributed by atoms with van der Waals surface area (Å²) in [4.78, 5) is 29.7. The minimum Gasteiger partial charge on any atom is -0.467 e. The van der Waals surface area contributed by atoms with Crippen LogP contribution in [0, 0.1) is 0 Å². The Morgan fingerprint density at radius 2 is 1.97 bits per heavy atom. The van der Waals surface area contributed by atoms with E-state index < -0.39 is 36.2 Å². The SMILES string of the molecule is O=C(/C=N/OCC(=O)N1N=C(c2ccc(Cl)cc2)CC1c1ccco1)Nc1cccc(C(F)(F)F)c1. The minimum atomic E-state index is -4.54. The molecule has 1 aromatic heterocycles. The summed E-state index contributed by atoms with van der Waals surface area (Å²) < 4.78 is 43.9. The van der Waals surface area contributed by atoms with E-state index in [1.54, 1.807) is 36.4 Å². The van der Waals surface area contributed by atoms with Gasteiger partial charge in [-0.1, -0.05) is 35.0 Å². The highest BCUT2D eigenvalue weighted by Gasteiger charge is 2.35. The average molecular weight is 519 g/mol. The fourth-order valence-electron chi connectivity index (χ4n) is 3.45. The molecule has 0 bridgehead atoms. The van der Waals surface area contributed by atoms with Gasteiger partial charge in [-0.3, -0.25) is 9.59 Å². The third-order valence-corrected chi connectivity index (χ3v) is 5.36. The van der Waals surface area contributed by atoms with E-state index in [0.29, 0.717) is 29.1 Å². The average Bonchev–Trinajstić information content (AvgIpc) is 3.52. The van der Waals surface area contributed by atoms with Gasteiger partial charge in [0.05, 0.1) is 17.5 Å². The van der Waals surface area contributed by atoms with E-state index in [1.165, 1.54) is 17.3 Å². The van der Waals surface area contributed by atoms with Crippen molar-refractivity contribution < 1.29 is 32.0 Å². The molecule has 1 atom stereocenters. The molecule has 0 aliphatic carbocycles. The van der Waals surface area contributed by atoms with Gasteiger partial charge in [-0.2, -0.15) is 18.3 Å². The zero-order chi connectivity index (χ0) is 25.7. The van der Waals surface area contributed by atoms with Crippen LogP contribution < -0.4 is 5.32 Å². The summed E-state index contributed by atoms with van der Waals surface area (Å²) in [6.45, 7) is -0.540. The quantitative estimate of drug-likeness (QED) is 0.340. The van der Waals surface area contributed by atoms with Crippen molar-refractivity contribution in [2.75, 3.05) is 11.9 Å². The number of alkyl halides is 3. The first-order valence-corrected chi connectivity index (χ1v) is 10.9. The van der Waals surface area contributed by atoms with Crippen LogP contribution >= 0.6 is 11.6 Å². The molecule has 12 heteroatoms. The molecule has 186 valence electrons. The van der Waals surface area contributed by atoms with E-state index in [2.05, 4.69) is 15.6 Å². The molecule has 1 aliphatic rings. The number of nitrogens with zero attached hydrogens (tertiary/aromatic N) is 3. The number of hydrazone groups is 1. The highest BCUT2D eigenvalue weighted by molar-refractivity contribution is 6.31. The number of benzene rings is 2. The molecule has 4 rings (SSSR count). The second-order valence-electron chi connectivity index (χ2n) is 7.60. The maximum absolute atomic E-state index is 12.8. The Morgan fingerprint density at radius 3 is 2.67 bits per heavy atom. The molecule has 2 heterocycles. The fourth-order valence-corrected chi connectivity index (χ4v) is 3.58. The molecule has 0 saturated heterocycles. The first-order valence-electron chi connectivity index (χ1n) is 10.5. The van der Waals surface area contributed by atoms with E-state index in [-0.39, 0.29) is 5.69 Å². The summed E-state index contributed by atoms with van der Waals surface area (Å²) in [5, 5.41) is 11.9. The Hall–Kier alpha value is -4.12. The Balaban J connectivity index is 1.37. The van der Waals surface area contributed by atoms with Crippen LogP contribution in [0.3, 0.4) is 0 Å². The largest absolute Gasteiger partial charge is 0.467 e. The van der Waals surface area contributed by atoms with Crippen LogP contribution in [0.4, 0.5) is 18.9 Å². The monoisotopic (exact) mass is 518 g/mol. The molecule has 1 N–H and O–H groups in total. The normalized spacial score (nSPS) is 15.7. The topological polar surface area (TPSA) is 96.5 Å². The van der Waals surface area contributed by atoms with Crippen LogP contribution in [-0.2, 0) is 20.6 Å². The van der Waals surface area contributed by atoms with Crippen LogP contribution in [0.2, 0.25) is 5.02 Å². The summed E-state index contributed by atoms with van der Waals surface area (Å²) in [6, 6.07) is 14.1. The zero-order valence-electron chi connectivity index (χ0n) is 18.4. The molecule has 1 unspecified atom stereocenters. The second kappa shape index (κ2) is 10.6. The third-order valence-electron chi connectivity index (χ3n) is 5.10. The van der Waals surface area contributed by atoms with Crippen LogP contribution in [0.5, 0.6) is 0 Å². The number of carbonyl (C=O) groups is 2. The standard InChI is InChI=1S/C24H18ClF3N4O4/c25-17-8-6-15(7-9-17)19-12-20(21-5-2-10-35-21)32(31-19)23(34)14-36-29-13-22(33)30-18-4-1-3-16(11-18)24(26,27)28/h1-11,13,20H,12,14H2,(H,30,33)/b29-13+. The molecule has 0 radical (unpaired) electrons. The number of carbonyl (C=O) groups excluding carboxylic acids is 2. The van der Waals surface area contributed by atoms with Crippen molar-refractivity contribution in [3.8, 4) is 0 Å². The molecule has 8 nitrogen and oxygen atoms in total. The van der Waals surface area contributed by atoms with Crippen molar-refractivity contribution >= 4 is 41.0 Å². The van der Waals surface area contributed by atoms with Crippen LogP contribution in [0.25, 0.3) is 0 Å². The summed E-state index contributed by atoms with van der Waals surface area (Å²) >= 11 is 5.95. The Kier molecular flexibility index (Phi) is 7.39. The predicted octanol–water partition coefficient (Wildman–Crippen LogP) is 5.27. The Bertz CT molecular complexity index is 1290. The van der Waals surface area contributed by atoms with Gasteiger partial charge < -0.3 is 14.6 Å². The molecule has 0 saturated carbocycles. The van der Waals surface area contributed by atoms with Crippen LogP contribution in [-0.4, -0.2) is 35.4 Å². The number of hydrogen-bond donors (Lipinski definition) is 1. The fraction of sp³-hybridized carbons (Fsp3) is 0.167. The number of nitrogens with one attached hydrogen (secondary N) is 1. The van der Waals surface area contributed by atoms with Crippen molar-refractivity contribution in [1.29, 1.82) is 0 Å². The maximum Gasteiger partial charge on any atom is 0.416 e. The van der Waals surface area contributed by atoms with E-state index >= 15 is 0 Å². The molecule has 0 spiro atoms. The van der Waals surface area contributed by atoms with Gasteiger partial charge >= 0.3 is 6.18 Å². The van der Waals surface area contributed by atoms with E-state index in [4.69, 9.17) is 20.9 Å². The number of amides is 2. The maximum atomic E-state index is 12.8. The summed E-state index contributed by atoms with van der Waals surface area (Å²) in [5.74, 6) is -0.852. The van der Waals surface area contributed by atoms with E-state index in [0.717, 1.165) is 23.8 Å². The van der Waals surface area contributed by atoms with Gasteiger partial charge in [0.15, 0.2) is 6.61 Å². The number of oxime groups is 1. The first-order chi connectivity index (χ1) is 17.2. The van der Waals surface area contributed by atoms with Gasteiger partial charge in [-0.05, 0) is 48.0 Å². The lowest BCUT2D eigenvalue weighted by molar-refractivity contribution is -0.138. The molecule has 3 aromatic rings. The van der Waals surface area contributed by atoms with Crippen molar-refractivity contribution in [3.05, 3.63) is 88.8 Å². The number of anilines is 1. The minimum absolute atomic E-state index is 0.0697. The molecular weight excluding hydrogens is 501 g/mol. The summed E-state index contributed by atoms with van der Waals surface area (Å²) in [6.07, 6.45) is -1.95. The van der Waals surface area contributed by atoms with E-state index in [9.17, 15) is 22.8 Å². The van der Waals surface area contributed by atoms with Crippen LogP contribution in [0.1, 0.15) is 29.3 Å². The lowest BCUT2D eigenvalue weighted by Gasteiger charge is -2.19. The number of hydrogen-bond acceptors (Lipinski definition) is 6. The number of furan rings is 1. The van der Waals surface area contributed by atoms with Gasteiger partial charge in [0, 0.05) is 17.1 Å². The predicted molar refractivity (Wildman–Crippen MR) is 125 cm³/mol. The number of halogens is 4. The second-order valence-corrected chi connectivity index (χ2v) is 8.04. The van der Waals surface area contributed by atoms with Gasteiger partial charge in [0.2, 0.25) is 0 Å². The highest BCUT2D eigenvalue weighted by atomic mass is 35.5. The Labute approximate surface area is 208 Å². The van der Waals surface area contributed by atoms with Gasteiger partial charge in [0.25, 0.3) is 11.8 Å². The number of rotatable bonds is 7. The van der Waals surface area contributed by atoms with Gasteiger partial charge in [-0.15, -0.1) is 0 Å². The van der Waals surface area contributed by atoms with E-state index in [1.807, 2.05) is 0 Å². The smallest absolute Gasteiger partial charge is 0.416 e. The van der Waals surface area contributed by atoms with Gasteiger partial charge in [0.1, 0.15) is 18.0 Å². The molecule has 1 aliphatic heterocycles. The Morgan fingerprint density at radius 1 is 1.19 bits per heavy atom. The first kappa shape index (κ1) is 25.0. The molecule has 2 amide bonds. The summed E-state index contributed by atoms with van der Waals surface area (Å²) in [7, 11) is 0. The lowest BCUT2D eigenvalue weighted by atomic mass is 10.0. The molecule has 0 fully saturated rings. The van der Waals surface area contributed by atoms with Gasteiger partial charge in [-0.25, -0.2) is 5.01 Å². The van der Waals surface area contributed by atoms with Crippen molar-refractivity contribution in [3.63, 3.8) is 0 Å². The zero-order valence-corrected chi connectivity index (χ0v) is 19.2. The van der Waals surface area contributed by atoms with Crippen molar-refractivity contribution in [1.82, 2.24) is 5.01 Å². The van der Waals surface area contributed by atoms with Crippen LogP contribution in [0.15, 0.2) is 81.6 Å². The molecule has 36 heavy (non-hydrogen) atoms. The summed E-state index contributed by atoms with van der Waals surface area (Å²) in [5.41, 5.74) is 0.455. The lowest BCUT2D eigenvalue weighted by Crippen LogP contribution is -2.29. The van der Waals surface area contributed by atoms with Crippen molar-refractivity contribution in [2.45, 2.75) is 18.6 Å². The van der Waals surface area contributed by atoms with Crippen molar-refractivity contribution in [2.24, 2.45) is 10.3 Å². The highest BCUT2D eigenvalue weighted by Crippen LogP contribution is 2.33. The molecule has 2 aromatic carbocycles.